The van der Waals surface area contributed by atoms with Gasteiger partial charge in [-0.2, -0.15) is 0 Å². The first kappa shape index (κ1) is 12.8. The number of allylic oxidation sites excluding steroid dienone is 1. The van der Waals surface area contributed by atoms with E-state index in [-0.39, 0.29) is 5.56 Å². The molecule has 0 bridgehead atoms. The second-order valence-corrected chi connectivity index (χ2v) is 3.87. The van der Waals surface area contributed by atoms with E-state index in [4.69, 9.17) is 5.11 Å². The Bertz CT molecular complexity index is 616. The van der Waals surface area contributed by atoms with E-state index in [1.54, 1.807) is 30.5 Å². The van der Waals surface area contributed by atoms with E-state index < -0.39 is 5.97 Å². The number of hydrogen-bond acceptors (Lipinski definition) is 2. The number of carboxylic acid groups (broad SMARTS) is 1. The summed E-state index contributed by atoms with van der Waals surface area (Å²) in [5.41, 5.74) is 1.72. The Balaban J connectivity index is 2.12. The lowest BCUT2D eigenvalue weighted by atomic mass is 10.2. The molecule has 0 aliphatic heterocycles. The van der Waals surface area contributed by atoms with Gasteiger partial charge in [0, 0.05) is 6.21 Å². The molecule has 0 saturated heterocycles. The van der Waals surface area contributed by atoms with E-state index in [9.17, 15) is 4.79 Å². The molecule has 0 fully saturated rings. The third kappa shape index (κ3) is 3.64. The number of para-hydroxylation sites is 1. The number of aromatic carboxylic acids is 1. The lowest BCUT2D eigenvalue weighted by Crippen LogP contribution is -1.95. The summed E-state index contributed by atoms with van der Waals surface area (Å²) < 4.78 is 0. The Kier molecular flexibility index (Phi) is 4.24. The molecule has 0 aliphatic rings. The molecule has 2 aromatic rings. The van der Waals surface area contributed by atoms with Crippen molar-refractivity contribution in [3.05, 3.63) is 71.8 Å². The molecule has 0 amide bonds. The molecule has 0 heterocycles. The second-order valence-electron chi connectivity index (χ2n) is 3.87. The molecule has 2 rings (SSSR count). The Morgan fingerprint density at radius 2 is 1.68 bits per heavy atom. The lowest BCUT2D eigenvalue weighted by Gasteiger charge is -1.98. The van der Waals surface area contributed by atoms with Gasteiger partial charge in [0.2, 0.25) is 0 Å². The monoisotopic (exact) mass is 251 g/mol. The van der Waals surface area contributed by atoms with Crippen LogP contribution in [0, 0.1) is 0 Å². The van der Waals surface area contributed by atoms with Gasteiger partial charge < -0.3 is 5.11 Å². The van der Waals surface area contributed by atoms with Crippen LogP contribution in [0.1, 0.15) is 15.9 Å². The maximum Gasteiger partial charge on any atom is 0.337 e. The standard InChI is InChI=1S/C16H13NO2/c18-16(19)14-10-4-5-11-15(14)17-12-6-9-13-7-2-1-3-8-13/h1-12H,(H,18,19). The predicted molar refractivity (Wildman–Crippen MR) is 77.0 cm³/mol. The molecule has 0 radical (unpaired) electrons. The third-order valence-electron chi connectivity index (χ3n) is 2.52. The highest BCUT2D eigenvalue weighted by Gasteiger charge is 2.06. The summed E-state index contributed by atoms with van der Waals surface area (Å²) in [7, 11) is 0. The van der Waals surface area contributed by atoms with Crippen molar-refractivity contribution in [1.29, 1.82) is 0 Å². The molecular weight excluding hydrogens is 238 g/mol. The molecule has 0 atom stereocenters. The summed E-state index contributed by atoms with van der Waals surface area (Å²) in [4.78, 5) is 15.1. The summed E-state index contributed by atoms with van der Waals surface area (Å²) >= 11 is 0. The van der Waals surface area contributed by atoms with Gasteiger partial charge in [-0.05, 0) is 23.8 Å². The zero-order valence-electron chi connectivity index (χ0n) is 10.2. The van der Waals surface area contributed by atoms with E-state index in [1.807, 2.05) is 36.4 Å². The fourth-order valence-corrected chi connectivity index (χ4v) is 1.61. The number of carboxylic acids is 1. The molecule has 0 aromatic heterocycles. The predicted octanol–water partition coefficient (Wildman–Crippen LogP) is 3.80. The van der Waals surface area contributed by atoms with Gasteiger partial charge in [-0.25, -0.2) is 4.79 Å². The van der Waals surface area contributed by atoms with Crippen molar-refractivity contribution in [3.8, 4) is 0 Å². The Morgan fingerprint density at radius 3 is 2.42 bits per heavy atom. The lowest BCUT2D eigenvalue weighted by molar-refractivity contribution is 0.0698. The van der Waals surface area contributed by atoms with Gasteiger partial charge in [0.15, 0.2) is 0 Å². The maximum absolute atomic E-state index is 11.0. The van der Waals surface area contributed by atoms with Crippen LogP contribution in [-0.2, 0) is 0 Å². The number of rotatable bonds is 4. The highest BCUT2D eigenvalue weighted by Crippen LogP contribution is 2.17. The fourth-order valence-electron chi connectivity index (χ4n) is 1.61. The van der Waals surface area contributed by atoms with Crippen molar-refractivity contribution in [2.45, 2.75) is 0 Å². The number of benzene rings is 2. The second kappa shape index (κ2) is 6.31. The summed E-state index contributed by atoms with van der Waals surface area (Å²) in [6.45, 7) is 0. The zero-order chi connectivity index (χ0) is 13.5. The van der Waals surface area contributed by atoms with Crippen molar-refractivity contribution in [2.75, 3.05) is 0 Å². The fraction of sp³-hybridized carbons (Fsp3) is 0. The molecule has 0 unspecified atom stereocenters. The molecule has 2 aromatic carbocycles. The highest BCUT2D eigenvalue weighted by molar-refractivity contribution is 5.94. The van der Waals surface area contributed by atoms with Gasteiger partial charge in [0.05, 0.1) is 11.3 Å². The molecule has 94 valence electrons. The minimum Gasteiger partial charge on any atom is -0.478 e. The summed E-state index contributed by atoms with van der Waals surface area (Å²) in [6.07, 6.45) is 5.29. The number of hydrogen-bond donors (Lipinski definition) is 1. The van der Waals surface area contributed by atoms with Gasteiger partial charge in [-0.3, -0.25) is 4.99 Å². The normalized spacial score (nSPS) is 11.2. The van der Waals surface area contributed by atoms with E-state index >= 15 is 0 Å². The smallest absolute Gasteiger partial charge is 0.337 e. The molecular formula is C16H13NO2. The van der Waals surface area contributed by atoms with Gasteiger partial charge in [-0.15, -0.1) is 0 Å². The van der Waals surface area contributed by atoms with Crippen LogP contribution in [0.3, 0.4) is 0 Å². The number of aliphatic imine (C=N–C) groups is 1. The van der Waals surface area contributed by atoms with Crippen LogP contribution in [0.25, 0.3) is 6.08 Å². The first-order valence-corrected chi connectivity index (χ1v) is 5.85. The molecule has 19 heavy (non-hydrogen) atoms. The summed E-state index contributed by atoms with van der Waals surface area (Å²) in [6, 6.07) is 16.5. The molecule has 1 N–H and O–H groups in total. The number of nitrogens with zero attached hydrogens (tertiary/aromatic N) is 1. The molecule has 0 aliphatic carbocycles. The van der Waals surface area contributed by atoms with Gasteiger partial charge >= 0.3 is 5.97 Å². The van der Waals surface area contributed by atoms with Crippen LogP contribution in [-0.4, -0.2) is 17.3 Å². The van der Waals surface area contributed by atoms with E-state index in [2.05, 4.69) is 4.99 Å². The first-order chi connectivity index (χ1) is 9.27. The Labute approximate surface area is 111 Å². The molecule has 0 saturated carbocycles. The van der Waals surface area contributed by atoms with Crippen molar-refractivity contribution >= 4 is 23.9 Å². The van der Waals surface area contributed by atoms with Crippen molar-refractivity contribution in [3.63, 3.8) is 0 Å². The van der Waals surface area contributed by atoms with Crippen LogP contribution in [0.15, 0.2) is 65.7 Å². The molecule has 3 heteroatoms. The average molecular weight is 251 g/mol. The van der Waals surface area contributed by atoms with E-state index in [0.29, 0.717) is 5.69 Å². The van der Waals surface area contributed by atoms with E-state index in [1.165, 1.54) is 6.07 Å². The van der Waals surface area contributed by atoms with Crippen LogP contribution in [0.2, 0.25) is 0 Å². The van der Waals surface area contributed by atoms with Gasteiger partial charge in [-0.1, -0.05) is 48.5 Å². The van der Waals surface area contributed by atoms with E-state index in [0.717, 1.165) is 5.56 Å². The highest BCUT2D eigenvalue weighted by atomic mass is 16.4. The van der Waals surface area contributed by atoms with Crippen molar-refractivity contribution < 1.29 is 9.90 Å². The topological polar surface area (TPSA) is 49.7 Å². The summed E-state index contributed by atoms with van der Waals surface area (Å²) in [5, 5.41) is 9.01. The number of carbonyl (C=O) groups is 1. The Hall–Kier alpha value is -2.68. The zero-order valence-corrected chi connectivity index (χ0v) is 10.2. The summed E-state index contributed by atoms with van der Waals surface area (Å²) in [5.74, 6) is -0.972. The Morgan fingerprint density at radius 1 is 1.00 bits per heavy atom. The first-order valence-electron chi connectivity index (χ1n) is 5.85. The average Bonchev–Trinajstić information content (AvgIpc) is 2.45. The van der Waals surface area contributed by atoms with Crippen LogP contribution < -0.4 is 0 Å². The van der Waals surface area contributed by atoms with Crippen molar-refractivity contribution in [2.24, 2.45) is 4.99 Å². The molecule has 3 nitrogen and oxygen atoms in total. The minimum atomic E-state index is -0.972. The van der Waals surface area contributed by atoms with Crippen LogP contribution in [0.5, 0.6) is 0 Å². The largest absolute Gasteiger partial charge is 0.478 e. The SMILES string of the molecule is O=C(O)c1ccccc1N=CC=Cc1ccccc1. The third-order valence-corrected chi connectivity index (χ3v) is 2.52. The van der Waals surface area contributed by atoms with Crippen LogP contribution in [0.4, 0.5) is 5.69 Å². The maximum atomic E-state index is 11.0. The quantitative estimate of drug-likeness (QED) is 0.840. The minimum absolute atomic E-state index is 0.201. The van der Waals surface area contributed by atoms with Crippen LogP contribution >= 0.6 is 0 Å². The van der Waals surface area contributed by atoms with Gasteiger partial charge in [0.25, 0.3) is 0 Å². The van der Waals surface area contributed by atoms with Gasteiger partial charge in [0.1, 0.15) is 0 Å². The molecule has 0 spiro atoms. The van der Waals surface area contributed by atoms with Crippen molar-refractivity contribution in [1.82, 2.24) is 0 Å².